The average molecular weight is 443 g/mol. The quantitative estimate of drug-likeness (QED) is 0.448. The Labute approximate surface area is 194 Å². The lowest BCUT2D eigenvalue weighted by molar-refractivity contribution is 0.0713. The first-order valence-electron chi connectivity index (χ1n) is 11.2. The summed E-state index contributed by atoms with van der Waals surface area (Å²) in [7, 11) is 5.63. The van der Waals surface area contributed by atoms with Crippen molar-refractivity contribution < 1.29 is 9.59 Å². The van der Waals surface area contributed by atoms with Crippen molar-refractivity contribution in [2.24, 2.45) is 14.1 Å². The molecule has 0 aliphatic carbocycles. The van der Waals surface area contributed by atoms with E-state index in [1.807, 2.05) is 91.4 Å². The topological polar surface area (TPSA) is 59.3 Å². The van der Waals surface area contributed by atoms with Crippen molar-refractivity contribution in [3.63, 3.8) is 0 Å². The number of aryl methyl sites for hydroxylation is 2. The fourth-order valence-corrected chi connectivity index (χ4v) is 4.30. The first kappa shape index (κ1) is 22.4. The van der Waals surface area contributed by atoms with Gasteiger partial charge in [-0.2, -0.15) is 0 Å². The molecule has 0 aliphatic heterocycles. The highest BCUT2D eigenvalue weighted by Crippen LogP contribution is 2.21. The zero-order chi connectivity index (χ0) is 23.4. The Morgan fingerprint density at radius 3 is 2.36 bits per heavy atom. The number of rotatable bonds is 8. The summed E-state index contributed by atoms with van der Waals surface area (Å²) in [5.41, 5.74) is 3.47. The molecular weight excluding hydrogens is 412 g/mol. The van der Waals surface area contributed by atoms with Gasteiger partial charge in [0.1, 0.15) is 11.4 Å². The van der Waals surface area contributed by atoms with Crippen molar-refractivity contribution in [1.82, 2.24) is 19.4 Å². The number of benzene rings is 2. The predicted octanol–water partition coefficient (Wildman–Crippen LogP) is 4.02. The molecule has 1 atom stereocenters. The molecule has 0 fully saturated rings. The Hall–Kier alpha value is -3.80. The molecule has 2 aromatic carbocycles. The Morgan fingerprint density at radius 2 is 1.67 bits per heavy atom. The Bertz CT molecular complexity index is 1260. The van der Waals surface area contributed by atoms with Crippen LogP contribution >= 0.6 is 0 Å². The average Bonchev–Trinajstić information content (AvgIpc) is 3.41. The smallest absolute Gasteiger partial charge is 0.270 e. The Morgan fingerprint density at radius 1 is 0.939 bits per heavy atom. The molecule has 6 nitrogen and oxygen atoms in total. The number of nitrogens with one attached hydrogen (secondary N) is 1. The number of likely N-dealkylation sites (N-methyl/N-ethyl adjacent to an activating group) is 1. The van der Waals surface area contributed by atoms with Gasteiger partial charge in [0, 0.05) is 50.8 Å². The number of hydrogen-bond acceptors (Lipinski definition) is 2. The minimum absolute atomic E-state index is 0.0246. The minimum atomic E-state index is -0.108. The van der Waals surface area contributed by atoms with E-state index in [9.17, 15) is 9.59 Å². The molecule has 0 bridgehead atoms. The molecule has 6 heteroatoms. The summed E-state index contributed by atoms with van der Waals surface area (Å²) < 4.78 is 3.75. The number of para-hydroxylation sites is 1. The molecular formula is C27H30N4O2. The summed E-state index contributed by atoms with van der Waals surface area (Å²) in [6, 6.07) is 23.7. The largest absolute Gasteiger partial charge is 0.351 e. The maximum absolute atomic E-state index is 13.5. The van der Waals surface area contributed by atoms with Gasteiger partial charge in [0.2, 0.25) is 0 Å². The second-order valence-electron chi connectivity index (χ2n) is 8.46. The third kappa shape index (κ3) is 4.85. The highest BCUT2D eigenvalue weighted by atomic mass is 16.2. The summed E-state index contributed by atoms with van der Waals surface area (Å²) in [5, 5.41) is 4.05. The lowest BCUT2D eigenvalue weighted by Crippen LogP contribution is -2.41. The molecule has 4 aromatic rings. The van der Waals surface area contributed by atoms with Gasteiger partial charge in [-0.05, 0) is 42.7 Å². The van der Waals surface area contributed by atoms with E-state index in [2.05, 4.69) is 17.4 Å². The number of hydrogen-bond donors (Lipinski definition) is 1. The zero-order valence-electron chi connectivity index (χ0n) is 19.4. The van der Waals surface area contributed by atoms with Gasteiger partial charge in [0.05, 0.1) is 0 Å². The van der Waals surface area contributed by atoms with E-state index < -0.39 is 0 Å². The molecule has 2 heterocycles. The van der Waals surface area contributed by atoms with Crippen molar-refractivity contribution >= 4 is 22.7 Å². The molecule has 0 radical (unpaired) electrons. The van der Waals surface area contributed by atoms with Gasteiger partial charge in [-0.3, -0.25) is 9.59 Å². The normalized spacial score (nSPS) is 12.0. The van der Waals surface area contributed by atoms with Crippen molar-refractivity contribution in [3.05, 3.63) is 95.9 Å². The summed E-state index contributed by atoms with van der Waals surface area (Å²) in [4.78, 5) is 27.8. The van der Waals surface area contributed by atoms with Gasteiger partial charge in [-0.1, -0.05) is 48.5 Å². The van der Waals surface area contributed by atoms with Crippen LogP contribution in [0, 0.1) is 0 Å². The summed E-state index contributed by atoms with van der Waals surface area (Å²) in [5.74, 6) is -0.132. The van der Waals surface area contributed by atoms with Crippen LogP contribution < -0.4 is 5.32 Å². The number of carbonyl (C=O) groups is 2. The van der Waals surface area contributed by atoms with E-state index in [1.165, 1.54) is 0 Å². The monoisotopic (exact) mass is 442 g/mol. The fourth-order valence-electron chi connectivity index (χ4n) is 4.30. The third-order valence-corrected chi connectivity index (χ3v) is 6.29. The first-order valence-corrected chi connectivity index (χ1v) is 11.2. The van der Waals surface area contributed by atoms with Crippen LogP contribution in [0.15, 0.2) is 79.0 Å². The molecule has 33 heavy (non-hydrogen) atoms. The standard InChI is InChI=1S/C27H30N4O2/c1-29-17-9-14-24(29)26(32)28-16-15-22(18-20-10-5-4-6-11-20)30(2)27(33)25-19-21-12-7-8-13-23(21)31(25)3/h4-14,17,19,22H,15-16,18H2,1-3H3,(H,28,32). The lowest BCUT2D eigenvalue weighted by atomic mass is 10.0. The predicted molar refractivity (Wildman–Crippen MR) is 131 cm³/mol. The summed E-state index contributed by atoms with van der Waals surface area (Å²) in [6.07, 6.45) is 3.22. The van der Waals surface area contributed by atoms with E-state index in [0.29, 0.717) is 30.8 Å². The van der Waals surface area contributed by atoms with E-state index in [0.717, 1.165) is 16.5 Å². The summed E-state index contributed by atoms with van der Waals surface area (Å²) >= 11 is 0. The van der Waals surface area contributed by atoms with Crippen molar-refractivity contribution in [3.8, 4) is 0 Å². The Kier molecular flexibility index (Phi) is 6.63. The number of nitrogens with zero attached hydrogens (tertiary/aromatic N) is 3. The van der Waals surface area contributed by atoms with Gasteiger partial charge in [-0.25, -0.2) is 0 Å². The van der Waals surface area contributed by atoms with Crippen molar-refractivity contribution in [2.45, 2.75) is 18.9 Å². The molecule has 0 saturated carbocycles. The van der Waals surface area contributed by atoms with Crippen LogP contribution in [0.1, 0.15) is 33.0 Å². The highest BCUT2D eigenvalue weighted by Gasteiger charge is 2.24. The van der Waals surface area contributed by atoms with Gasteiger partial charge in [-0.15, -0.1) is 0 Å². The molecule has 0 aliphatic rings. The molecule has 0 spiro atoms. The zero-order valence-corrected chi connectivity index (χ0v) is 19.4. The molecule has 0 saturated heterocycles. The van der Waals surface area contributed by atoms with Gasteiger partial charge in [0.25, 0.3) is 11.8 Å². The number of carbonyl (C=O) groups excluding carboxylic acids is 2. The molecule has 4 rings (SSSR count). The fraction of sp³-hybridized carbons (Fsp3) is 0.259. The van der Waals surface area contributed by atoms with E-state index in [4.69, 9.17) is 0 Å². The van der Waals surface area contributed by atoms with Crippen molar-refractivity contribution in [1.29, 1.82) is 0 Å². The molecule has 2 aromatic heterocycles. The molecule has 1 N–H and O–H groups in total. The maximum atomic E-state index is 13.5. The Balaban J connectivity index is 1.51. The van der Waals surface area contributed by atoms with Crippen LogP contribution in [0.2, 0.25) is 0 Å². The van der Waals surface area contributed by atoms with Gasteiger partial charge < -0.3 is 19.4 Å². The van der Waals surface area contributed by atoms with Crippen molar-refractivity contribution in [2.75, 3.05) is 13.6 Å². The number of amides is 2. The van der Waals surface area contributed by atoms with Crippen LogP contribution in [0.5, 0.6) is 0 Å². The van der Waals surface area contributed by atoms with Gasteiger partial charge in [0.15, 0.2) is 0 Å². The molecule has 170 valence electrons. The second-order valence-corrected chi connectivity index (χ2v) is 8.46. The lowest BCUT2D eigenvalue weighted by Gasteiger charge is -2.29. The van der Waals surface area contributed by atoms with E-state index in [-0.39, 0.29) is 17.9 Å². The van der Waals surface area contributed by atoms with E-state index >= 15 is 0 Å². The molecule has 2 amide bonds. The van der Waals surface area contributed by atoms with Gasteiger partial charge >= 0.3 is 0 Å². The van der Waals surface area contributed by atoms with Crippen LogP contribution in [-0.4, -0.2) is 45.5 Å². The molecule has 1 unspecified atom stereocenters. The SMILES string of the molecule is CN(C(=O)c1cc2ccccc2n1C)C(CCNC(=O)c1cccn1C)Cc1ccccc1. The highest BCUT2D eigenvalue weighted by molar-refractivity contribution is 5.98. The van der Waals surface area contributed by atoms with Crippen LogP contribution in [-0.2, 0) is 20.5 Å². The minimum Gasteiger partial charge on any atom is -0.351 e. The number of aromatic nitrogens is 2. The maximum Gasteiger partial charge on any atom is 0.270 e. The van der Waals surface area contributed by atoms with Crippen LogP contribution in [0.4, 0.5) is 0 Å². The summed E-state index contributed by atoms with van der Waals surface area (Å²) in [6.45, 7) is 0.480. The number of fused-ring (bicyclic) bond motifs is 1. The van der Waals surface area contributed by atoms with Crippen LogP contribution in [0.25, 0.3) is 10.9 Å². The second kappa shape index (κ2) is 9.77. The van der Waals surface area contributed by atoms with E-state index in [1.54, 1.807) is 10.6 Å². The van der Waals surface area contributed by atoms with Crippen LogP contribution in [0.3, 0.4) is 0 Å². The first-order chi connectivity index (χ1) is 16.0. The third-order valence-electron chi connectivity index (χ3n) is 6.29.